The minimum absolute atomic E-state index is 0.0214. The molecule has 4 N–H and O–H groups in total. The number of primary amides is 1. The lowest BCUT2D eigenvalue weighted by Crippen LogP contribution is -2.38. The molecule has 0 aromatic heterocycles. The zero-order valence-electron chi connectivity index (χ0n) is 10.4. The Morgan fingerprint density at radius 2 is 2.06 bits per heavy atom. The average molecular weight is 272 g/mol. The van der Waals surface area contributed by atoms with Crippen molar-refractivity contribution in [2.75, 3.05) is 5.75 Å². The normalized spacial score (nSPS) is 13.3. The van der Waals surface area contributed by atoms with Crippen molar-refractivity contribution in [2.24, 2.45) is 11.5 Å². The molecule has 1 atom stereocenters. The highest BCUT2D eigenvalue weighted by Gasteiger charge is 2.17. The Hall–Kier alpha value is -1.27. The summed E-state index contributed by atoms with van der Waals surface area (Å²) in [5.41, 5.74) is 10.7. The molecular weight excluding hydrogens is 255 g/mol. The van der Waals surface area contributed by atoms with Crippen LogP contribution in [0.3, 0.4) is 0 Å². The van der Waals surface area contributed by atoms with Crippen LogP contribution in [0.15, 0.2) is 18.2 Å². The molecule has 0 saturated carbocycles. The zero-order chi connectivity index (χ0) is 13.9. The van der Waals surface area contributed by atoms with E-state index in [2.05, 4.69) is 0 Å². The molecule has 1 aromatic rings. The molecule has 0 aliphatic rings. The highest BCUT2D eigenvalue weighted by atomic mass is 32.2. The molecule has 4 nitrogen and oxygen atoms in total. The van der Waals surface area contributed by atoms with Crippen LogP contribution in [0.25, 0.3) is 0 Å². The summed E-state index contributed by atoms with van der Waals surface area (Å²) in [5.74, 6) is -0.856. The maximum atomic E-state index is 13.5. The van der Waals surface area contributed by atoms with Gasteiger partial charge in [0, 0.05) is 33.2 Å². The van der Waals surface area contributed by atoms with Gasteiger partial charge >= 0.3 is 0 Å². The standard InChI is InChI=1S/C12H17FN2O2S/c1-12(2,15)7-18(17)6-9-5-8(11(14)16)3-4-10(9)13/h3-5H,6-7,15H2,1-2H3,(H2,14,16). The molecule has 1 rings (SSSR count). The predicted molar refractivity (Wildman–Crippen MR) is 69.9 cm³/mol. The van der Waals surface area contributed by atoms with Crippen LogP contribution >= 0.6 is 0 Å². The van der Waals surface area contributed by atoms with Crippen molar-refractivity contribution in [3.63, 3.8) is 0 Å². The number of carbonyl (C=O) groups excluding carboxylic acids is 1. The molecule has 0 radical (unpaired) electrons. The summed E-state index contributed by atoms with van der Waals surface area (Å²) in [5, 5.41) is 0. The Morgan fingerprint density at radius 3 is 2.56 bits per heavy atom. The number of amides is 1. The summed E-state index contributed by atoms with van der Waals surface area (Å²) in [6, 6.07) is 3.79. The SMILES string of the molecule is CC(C)(N)CS(=O)Cc1cc(C(N)=O)ccc1F. The second-order valence-electron chi connectivity index (χ2n) is 4.89. The summed E-state index contributed by atoms with van der Waals surface area (Å²) in [4.78, 5) is 11.0. The number of benzene rings is 1. The highest BCUT2D eigenvalue weighted by Crippen LogP contribution is 2.14. The second-order valence-corrected chi connectivity index (χ2v) is 6.34. The summed E-state index contributed by atoms with van der Waals surface area (Å²) in [6.45, 7) is 3.50. The van der Waals surface area contributed by atoms with Crippen molar-refractivity contribution < 1.29 is 13.4 Å². The van der Waals surface area contributed by atoms with Gasteiger partial charge in [0.15, 0.2) is 0 Å². The maximum Gasteiger partial charge on any atom is 0.248 e. The topological polar surface area (TPSA) is 86.2 Å². The van der Waals surface area contributed by atoms with Gasteiger partial charge < -0.3 is 11.5 Å². The molecule has 0 spiro atoms. The monoisotopic (exact) mass is 272 g/mol. The van der Waals surface area contributed by atoms with E-state index >= 15 is 0 Å². The summed E-state index contributed by atoms with van der Waals surface area (Å²) in [7, 11) is -1.29. The molecule has 100 valence electrons. The molecule has 18 heavy (non-hydrogen) atoms. The third-order valence-corrected chi connectivity index (χ3v) is 3.88. The van der Waals surface area contributed by atoms with Gasteiger partial charge in [0.1, 0.15) is 5.82 Å². The molecule has 0 fully saturated rings. The van der Waals surface area contributed by atoms with E-state index in [1.54, 1.807) is 13.8 Å². The largest absolute Gasteiger partial charge is 0.366 e. The molecule has 1 unspecified atom stereocenters. The van der Waals surface area contributed by atoms with E-state index in [1.807, 2.05) is 0 Å². The van der Waals surface area contributed by atoms with Gasteiger partial charge in [-0.1, -0.05) is 0 Å². The van der Waals surface area contributed by atoms with Crippen LogP contribution in [-0.2, 0) is 16.6 Å². The van der Waals surface area contributed by atoms with Crippen molar-refractivity contribution in [1.29, 1.82) is 0 Å². The van der Waals surface area contributed by atoms with Gasteiger partial charge in [0.25, 0.3) is 0 Å². The smallest absolute Gasteiger partial charge is 0.248 e. The summed E-state index contributed by atoms with van der Waals surface area (Å²) in [6.07, 6.45) is 0. The van der Waals surface area contributed by atoms with Crippen LogP contribution in [0.4, 0.5) is 4.39 Å². The average Bonchev–Trinajstić information content (AvgIpc) is 2.18. The number of nitrogens with two attached hydrogens (primary N) is 2. The Balaban J connectivity index is 2.87. The van der Waals surface area contributed by atoms with Gasteiger partial charge in [-0.15, -0.1) is 0 Å². The molecule has 0 heterocycles. The van der Waals surface area contributed by atoms with Crippen molar-refractivity contribution in [2.45, 2.75) is 25.1 Å². The molecule has 0 aliphatic heterocycles. The zero-order valence-corrected chi connectivity index (χ0v) is 11.2. The van der Waals surface area contributed by atoms with E-state index in [0.717, 1.165) is 6.07 Å². The predicted octanol–water partition coefficient (Wildman–Crippen LogP) is 0.911. The van der Waals surface area contributed by atoms with E-state index in [-0.39, 0.29) is 22.6 Å². The van der Waals surface area contributed by atoms with Crippen LogP contribution in [-0.4, -0.2) is 21.4 Å². The van der Waals surface area contributed by atoms with Crippen LogP contribution in [0.2, 0.25) is 0 Å². The third-order valence-electron chi connectivity index (χ3n) is 2.18. The molecule has 6 heteroatoms. The Morgan fingerprint density at radius 1 is 1.44 bits per heavy atom. The Labute approximate surface area is 108 Å². The minimum Gasteiger partial charge on any atom is -0.366 e. The fourth-order valence-corrected chi connectivity index (χ4v) is 2.98. The Bertz CT molecular complexity index is 483. The van der Waals surface area contributed by atoms with E-state index in [4.69, 9.17) is 11.5 Å². The summed E-state index contributed by atoms with van der Waals surface area (Å²) < 4.78 is 25.3. The quantitative estimate of drug-likeness (QED) is 0.835. The highest BCUT2D eigenvalue weighted by molar-refractivity contribution is 7.84. The van der Waals surface area contributed by atoms with Gasteiger partial charge in [0.2, 0.25) is 5.91 Å². The molecule has 1 amide bonds. The molecule has 0 aliphatic carbocycles. The van der Waals surface area contributed by atoms with Gasteiger partial charge in [-0.3, -0.25) is 9.00 Å². The number of halogens is 1. The van der Waals surface area contributed by atoms with Gasteiger partial charge in [-0.2, -0.15) is 0 Å². The number of hydrogen-bond donors (Lipinski definition) is 2. The first-order valence-electron chi connectivity index (χ1n) is 5.41. The van der Waals surface area contributed by atoms with E-state index in [1.165, 1.54) is 12.1 Å². The van der Waals surface area contributed by atoms with Gasteiger partial charge in [0.05, 0.1) is 5.75 Å². The van der Waals surface area contributed by atoms with Gasteiger partial charge in [-0.05, 0) is 32.0 Å². The lowest BCUT2D eigenvalue weighted by Gasteiger charge is -2.17. The molecule has 0 bridgehead atoms. The second kappa shape index (κ2) is 5.58. The number of carbonyl (C=O) groups is 1. The fourth-order valence-electron chi connectivity index (χ4n) is 1.48. The number of rotatable bonds is 5. The Kier molecular flexibility index (Phi) is 4.59. The molecule has 0 saturated heterocycles. The van der Waals surface area contributed by atoms with E-state index < -0.39 is 28.1 Å². The van der Waals surface area contributed by atoms with E-state index in [9.17, 15) is 13.4 Å². The fraction of sp³-hybridized carbons (Fsp3) is 0.417. The van der Waals surface area contributed by atoms with Crippen LogP contribution < -0.4 is 11.5 Å². The van der Waals surface area contributed by atoms with Crippen molar-refractivity contribution in [1.82, 2.24) is 0 Å². The minimum atomic E-state index is -1.29. The first-order valence-corrected chi connectivity index (χ1v) is 6.90. The molecular formula is C12H17FN2O2S. The van der Waals surface area contributed by atoms with E-state index in [0.29, 0.717) is 0 Å². The van der Waals surface area contributed by atoms with Crippen molar-refractivity contribution >= 4 is 16.7 Å². The molecule has 1 aromatic carbocycles. The summed E-state index contributed by atoms with van der Waals surface area (Å²) >= 11 is 0. The third kappa shape index (κ3) is 4.54. The maximum absolute atomic E-state index is 13.5. The lowest BCUT2D eigenvalue weighted by atomic mass is 10.1. The van der Waals surface area contributed by atoms with Crippen LogP contribution in [0, 0.1) is 5.82 Å². The van der Waals surface area contributed by atoms with Crippen LogP contribution in [0.1, 0.15) is 29.8 Å². The first kappa shape index (κ1) is 14.8. The van der Waals surface area contributed by atoms with Crippen molar-refractivity contribution in [3.05, 3.63) is 35.1 Å². The first-order chi connectivity index (χ1) is 8.19. The lowest BCUT2D eigenvalue weighted by molar-refractivity contribution is 0.1000. The van der Waals surface area contributed by atoms with Crippen LogP contribution in [0.5, 0.6) is 0 Å². The number of hydrogen-bond acceptors (Lipinski definition) is 3. The van der Waals surface area contributed by atoms with Crippen molar-refractivity contribution in [3.8, 4) is 0 Å². The van der Waals surface area contributed by atoms with Gasteiger partial charge in [-0.25, -0.2) is 4.39 Å².